The Morgan fingerprint density at radius 1 is 0.931 bits per heavy atom. The Morgan fingerprint density at radius 3 is 2.55 bits per heavy atom. The van der Waals surface area contributed by atoms with E-state index in [4.69, 9.17) is 16.3 Å². The van der Waals surface area contributed by atoms with E-state index in [-0.39, 0.29) is 5.56 Å². The number of carboxylic acid groups (broad SMARTS) is 1. The third kappa shape index (κ3) is 4.34. The van der Waals surface area contributed by atoms with E-state index in [0.717, 1.165) is 27.1 Å². The van der Waals surface area contributed by atoms with Gasteiger partial charge in [-0.3, -0.25) is 0 Å². The highest BCUT2D eigenvalue weighted by atomic mass is 35.5. The highest BCUT2D eigenvalue weighted by molar-refractivity contribution is 7.14. The van der Waals surface area contributed by atoms with Crippen molar-refractivity contribution in [3.05, 3.63) is 100 Å². The molecule has 0 aliphatic heterocycles. The third-order valence-corrected chi connectivity index (χ3v) is 5.69. The average molecular weight is 420 g/mol. The summed E-state index contributed by atoms with van der Waals surface area (Å²) in [5, 5.41) is 13.8. The fourth-order valence-corrected chi connectivity index (χ4v) is 4.19. The molecule has 4 aromatic rings. The Labute approximate surface area is 177 Å². The van der Waals surface area contributed by atoms with E-state index in [1.165, 1.54) is 17.4 Å². The van der Waals surface area contributed by atoms with Crippen LogP contribution in [0.5, 0.6) is 5.75 Å². The quantitative estimate of drug-likeness (QED) is 0.404. The van der Waals surface area contributed by atoms with Gasteiger partial charge in [-0.2, -0.15) is 0 Å². The van der Waals surface area contributed by atoms with Gasteiger partial charge in [0.1, 0.15) is 12.4 Å². The molecule has 29 heavy (non-hydrogen) atoms. The lowest BCUT2D eigenvalue weighted by atomic mass is 10.0. The molecule has 4 rings (SSSR count). The van der Waals surface area contributed by atoms with Gasteiger partial charge in [-0.15, -0.1) is 11.3 Å². The molecule has 0 unspecified atom stereocenters. The monoisotopic (exact) mass is 419 g/mol. The van der Waals surface area contributed by atoms with Crippen molar-refractivity contribution in [2.75, 3.05) is 0 Å². The largest absolute Gasteiger partial charge is 0.545 e. The number of carboxylic acids is 1. The minimum absolute atomic E-state index is 0.147. The summed E-state index contributed by atoms with van der Waals surface area (Å²) in [6.45, 7) is 0.440. The molecule has 0 saturated heterocycles. The lowest BCUT2D eigenvalue weighted by Gasteiger charge is -2.14. The van der Waals surface area contributed by atoms with Gasteiger partial charge in [0.05, 0.1) is 5.97 Å². The molecule has 0 spiro atoms. The first-order valence-corrected chi connectivity index (χ1v) is 10.2. The van der Waals surface area contributed by atoms with Gasteiger partial charge < -0.3 is 14.6 Å². The minimum Gasteiger partial charge on any atom is -0.545 e. The van der Waals surface area contributed by atoms with Crippen LogP contribution in [-0.2, 0) is 6.61 Å². The zero-order chi connectivity index (χ0) is 20.2. The van der Waals surface area contributed by atoms with Crippen molar-refractivity contribution in [3.63, 3.8) is 0 Å². The lowest BCUT2D eigenvalue weighted by Crippen LogP contribution is -2.22. The number of thiophene rings is 1. The van der Waals surface area contributed by atoms with E-state index in [1.54, 1.807) is 18.2 Å². The molecule has 0 amide bonds. The molecule has 0 fully saturated rings. The molecule has 5 heteroatoms. The van der Waals surface area contributed by atoms with Crippen LogP contribution in [0.2, 0.25) is 5.02 Å². The first kappa shape index (κ1) is 19.2. The smallest absolute Gasteiger partial charge is 0.127 e. The first-order chi connectivity index (χ1) is 14.1. The average Bonchev–Trinajstić information content (AvgIpc) is 3.23. The highest BCUT2D eigenvalue weighted by Gasteiger charge is 2.15. The summed E-state index contributed by atoms with van der Waals surface area (Å²) < 4.78 is 6.10. The van der Waals surface area contributed by atoms with E-state index in [2.05, 4.69) is 0 Å². The predicted molar refractivity (Wildman–Crippen MR) is 115 cm³/mol. The summed E-state index contributed by atoms with van der Waals surface area (Å²) in [5.74, 6) is -0.478. The molecule has 0 atom stereocenters. The van der Waals surface area contributed by atoms with Crippen molar-refractivity contribution < 1.29 is 14.6 Å². The maximum Gasteiger partial charge on any atom is 0.127 e. The Kier molecular flexibility index (Phi) is 5.65. The normalized spacial score (nSPS) is 10.7. The van der Waals surface area contributed by atoms with Crippen LogP contribution in [0.1, 0.15) is 15.9 Å². The van der Waals surface area contributed by atoms with Crippen LogP contribution in [0.4, 0.5) is 0 Å². The number of benzene rings is 3. The summed E-state index contributed by atoms with van der Waals surface area (Å²) in [6.07, 6.45) is 0. The van der Waals surface area contributed by atoms with Crippen LogP contribution in [0.3, 0.4) is 0 Å². The van der Waals surface area contributed by atoms with Crippen LogP contribution in [-0.4, -0.2) is 5.97 Å². The van der Waals surface area contributed by atoms with Crippen molar-refractivity contribution in [3.8, 4) is 27.3 Å². The van der Waals surface area contributed by atoms with Gasteiger partial charge >= 0.3 is 0 Å². The van der Waals surface area contributed by atoms with E-state index in [9.17, 15) is 9.90 Å². The number of hydrogen-bond donors (Lipinski definition) is 0. The van der Waals surface area contributed by atoms with Crippen molar-refractivity contribution in [2.45, 2.75) is 6.61 Å². The van der Waals surface area contributed by atoms with Crippen molar-refractivity contribution in [1.82, 2.24) is 0 Å². The number of carbonyl (C=O) groups excluding carboxylic acids is 1. The Balaban J connectivity index is 1.73. The van der Waals surface area contributed by atoms with Crippen LogP contribution in [0.15, 0.2) is 84.2 Å². The fourth-order valence-electron chi connectivity index (χ4n) is 3.11. The maximum atomic E-state index is 11.3. The molecule has 0 aliphatic carbocycles. The standard InChI is InChI=1S/C24H17ClO3S/c25-19-9-10-22(28-15-16-5-2-1-3-6-16)21(14-19)20-11-12-29-23(20)17-7-4-8-18(13-17)24(26)27/h1-14H,15H2,(H,26,27)/p-1. The summed E-state index contributed by atoms with van der Waals surface area (Å²) >= 11 is 7.81. The molecule has 1 aromatic heterocycles. The van der Waals surface area contributed by atoms with Gasteiger partial charge in [0.2, 0.25) is 0 Å². The van der Waals surface area contributed by atoms with Crippen LogP contribution in [0, 0.1) is 0 Å². The summed E-state index contributed by atoms with van der Waals surface area (Å²) in [7, 11) is 0. The molecule has 3 nitrogen and oxygen atoms in total. The Hall–Kier alpha value is -3.08. The summed E-state index contributed by atoms with van der Waals surface area (Å²) in [6, 6.07) is 24.2. The number of carbonyl (C=O) groups is 1. The topological polar surface area (TPSA) is 49.4 Å². The molecule has 0 radical (unpaired) electrons. The van der Waals surface area contributed by atoms with Crippen LogP contribution in [0.25, 0.3) is 21.6 Å². The van der Waals surface area contributed by atoms with Crippen molar-refractivity contribution in [1.29, 1.82) is 0 Å². The molecule has 0 bridgehead atoms. The zero-order valence-corrected chi connectivity index (χ0v) is 16.9. The molecular formula is C24H16ClO3S-. The first-order valence-electron chi connectivity index (χ1n) is 8.98. The number of halogens is 1. The van der Waals surface area contributed by atoms with E-state index < -0.39 is 5.97 Å². The number of aromatic carboxylic acids is 1. The SMILES string of the molecule is O=C([O-])c1cccc(-c2sccc2-c2cc(Cl)ccc2OCc2ccccc2)c1. The molecule has 0 aliphatic rings. The maximum absolute atomic E-state index is 11.3. The summed E-state index contributed by atoms with van der Waals surface area (Å²) in [4.78, 5) is 12.2. The lowest BCUT2D eigenvalue weighted by molar-refractivity contribution is -0.255. The van der Waals surface area contributed by atoms with E-state index >= 15 is 0 Å². The minimum atomic E-state index is -1.19. The van der Waals surface area contributed by atoms with Gasteiger partial charge in [-0.1, -0.05) is 60.1 Å². The Bertz CT molecular complexity index is 1150. The number of rotatable bonds is 6. The van der Waals surface area contributed by atoms with Gasteiger partial charge in [0.15, 0.2) is 0 Å². The van der Waals surface area contributed by atoms with Gasteiger partial charge in [0, 0.05) is 21.0 Å². The molecule has 0 N–H and O–H groups in total. The van der Waals surface area contributed by atoms with Crippen LogP contribution < -0.4 is 9.84 Å². The van der Waals surface area contributed by atoms with Gasteiger partial charge in [-0.05, 0) is 52.4 Å². The zero-order valence-electron chi connectivity index (χ0n) is 15.3. The molecule has 3 aromatic carbocycles. The van der Waals surface area contributed by atoms with Crippen LogP contribution >= 0.6 is 22.9 Å². The van der Waals surface area contributed by atoms with Gasteiger partial charge in [-0.25, -0.2) is 0 Å². The predicted octanol–water partition coefficient (Wildman–Crippen LogP) is 5.68. The fraction of sp³-hybridized carbons (Fsp3) is 0.0417. The summed E-state index contributed by atoms with van der Waals surface area (Å²) in [5.41, 5.74) is 3.83. The molecule has 144 valence electrons. The Morgan fingerprint density at radius 2 is 1.76 bits per heavy atom. The molecule has 0 saturated carbocycles. The second kappa shape index (κ2) is 8.52. The molecule has 1 heterocycles. The van der Waals surface area contributed by atoms with Crippen molar-refractivity contribution in [2.24, 2.45) is 0 Å². The van der Waals surface area contributed by atoms with E-state index in [0.29, 0.717) is 17.4 Å². The molecular weight excluding hydrogens is 404 g/mol. The number of ether oxygens (including phenoxy) is 1. The second-order valence-corrected chi connectivity index (χ2v) is 7.80. The van der Waals surface area contributed by atoms with E-state index in [1.807, 2.05) is 60.0 Å². The second-order valence-electron chi connectivity index (χ2n) is 6.45. The van der Waals surface area contributed by atoms with Crippen molar-refractivity contribution >= 4 is 28.9 Å². The third-order valence-electron chi connectivity index (χ3n) is 4.49. The number of hydrogen-bond acceptors (Lipinski definition) is 4. The highest BCUT2D eigenvalue weighted by Crippen LogP contribution is 2.42. The van der Waals surface area contributed by atoms with Gasteiger partial charge in [0.25, 0.3) is 0 Å².